The van der Waals surface area contributed by atoms with E-state index in [4.69, 9.17) is 11.6 Å². The quantitative estimate of drug-likeness (QED) is 0.764. The monoisotopic (exact) mass is 329 g/mol. The Morgan fingerprint density at radius 1 is 1.33 bits per heavy atom. The van der Waals surface area contributed by atoms with Crippen molar-refractivity contribution in [1.29, 1.82) is 0 Å². The maximum absolute atomic E-state index is 12.6. The van der Waals surface area contributed by atoms with E-state index in [-0.39, 0.29) is 4.90 Å². The number of rotatable bonds is 5. The van der Waals surface area contributed by atoms with E-state index in [1.807, 2.05) is 10.8 Å². The first-order chi connectivity index (χ1) is 10.1. The Labute approximate surface area is 128 Å². The van der Waals surface area contributed by atoms with Crippen LogP contribution < -0.4 is 0 Å². The number of hydrogen-bond acceptors (Lipinski definition) is 4. The Hall–Kier alpha value is -1.38. The minimum absolute atomic E-state index is 0.220. The second-order valence-corrected chi connectivity index (χ2v) is 7.17. The van der Waals surface area contributed by atoms with Gasteiger partial charge in [-0.25, -0.2) is 13.4 Å². The van der Waals surface area contributed by atoms with Gasteiger partial charge in [-0.15, -0.1) is 11.6 Å². The first-order valence-electron chi connectivity index (χ1n) is 6.70. The van der Waals surface area contributed by atoms with E-state index in [0.717, 1.165) is 12.2 Å². The van der Waals surface area contributed by atoms with Crippen molar-refractivity contribution in [2.24, 2.45) is 0 Å². The molecule has 21 heavy (non-hydrogen) atoms. The van der Waals surface area contributed by atoms with Gasteiger partial charge < -0.3 is 4.57 Å². The highest BCUT2D eigenvalue weighted by atomic mass is 35.5. The van der Waals surface area contributed by atoms with Gasteiger partial charge in [-0.2, -0.15) is 9.40 Å². The number of alkyl halides is 1. The summed E-state index contributed by atoms with van der Waals surface area (Å²) < 4.78 is 30.3. The molecule has 2 aromatic heterocycles. The zero-order chi connectivity index (χ0) is 14.9. The Morgan fingerprint density at radius 3 is 3.00 bits per heavy atom. The first kappa shape index (κ1) is 14.6. The highest BCUT2D eigenvalue weighted by Crippen LogP contribution is 2.20. The van der Waals surface area contributed by atoms with Crippen LogP contribution in [0.4, 0.5) is 0 Å². The van der Waals surface area contributed by atoms with Gasteiger partial charge in [0.15, 0.2) is 0 Å². The van der Waals surface area contributed by atoms with Crippen molar-refractivity contribution < 1.29 is 8.42 Å². The van der Waals surface area contributed by atoms with Gasteiger partial charge >= 0.3 is 0 Å². The second kappa shape index (κ2) is 5.78. The predicted octanol–water partition coefficient (Wildman–Crippen LogP) is 0.913. The summed E-state index contributed by atoms with van der Waals surface area (Å²) in [5.41, 5.74) is 0. The molecule has 0 N–H and O–H groups in total. The Balaban J connectivity index is 1.79. The lowest BCUT2D eigenvalue weighted by Gasteiger charge is -2.26. The summed E-state index contributed by atoms with van der Waals surface area (Å²) >= 11 is 5.63. The molecule has 114 valence electrons. The van der Waals surface area contributed by atoms with Gasteiger partial charge in [0.25, 0.3) is 0 Å². The number of sulfonamides is 1. The van der Waals surface area contributed by atoms with Crippen LogP contribution in [0.3, 0.4) is 0 Å². The SMILES string of the molecule is O=S(=O)(c1cnn(CCCCl)c1)N1CCn2ccnc2C1. The number of halogens is 1. The molecule has 0 amide bonds. The summed E-state index contributed by atoms with van der Waals surface area (Å²) in [6, 6.07) is 0. The molecule has 0 radical (unpaired) electrons. The standard InChI is InChI=1S/C12H16ClN5O2S/c13-2-1-4-17-9-11(8-15-17)21(19,20)18-7-6-16-5-3-14-12(16)10-18/h3,5,8-9H,1-2,4,6-7,10H2. The summed E-state index contributed by atoms with van der Waals surface area (Å²) in [5, 5.41) is 4.08. The normalized spacial score (nSPS) is 16.0. The molecule has 0 aromatic carbocycles. The fourth-order valence-corrected chi connectivity index (χ4v) is 3.79. The molecule has 0 fully saturated rings. The summed E-state index contributed by atoms with van der Waals surface area (Å²) in [6.45, 7) is 1.97. The molecule has 0 atom stereocenters. The van der Waals surface area contributed by atoms with Crippen molar-refractivity contribution in [2.75, 3.05) is 12.4 Å². The highest BCUT2D eigenvalue weighted by molar-refractivity contribution is 7.89. The fourth-order valence-electron chi connectivity index (χ4n) is 2.33. The fraction of sp³-hybridized carbons (Fsp3) is 0.500. The molecule has 3 rings (SSSR count). The summed E-state index contributed by atoms with van der Waals surface area (Å²) in [7, 11) is -3.52. The Kier molecular flexibility index (Phi) is 4.01. The van der Waals surface area contributed by atoms with Gasteiger partial charge in [-0.3, -0.25) is 4.68 Å². The third kappa shape index (κ3) is 2.83. The molecular weight excluding hydrogens is 314 g/mol. The molecule has 0 unspecified atom stereocenters. The zero-order valence-corrected chi connectivity index (χ0v) is 13.0. The average molecular weight is 330 g/mol. The number of imidazole rings is 1. The minimum atomic E-state index is -3.52. The summed E-state index contributed by atoms with van der Waals surface area (Å²) in [4.78, 5) is 4.40. The van der Waals surface area contributed by atoms with Crippen LogP contribution in [0.1, 0.15) is 12.2 Å². The molecule has 3 heterocycles. The molecule has 2 aromatic rings. The molecule has 9 heteroatoms. The Bertz CT molecular complexity index is 724. The van der Waals surface area contributed by atoms with Crippen molar-refractivity contribution in [1.82, 2.24) is 23.6 Å². The van der Waals surface area contributed by atoms with Gasteiger partial charge in [-0.1, -0.05) is 0 Å². The second-order valence-electron chi connectivity index (χ2n) is 4.86. The molecule has 0 bridgehead atoms. The van der Waals surface area contributed by atoms with E-state index in [0.29, 0.717) is 32.1 Å². The van der Waals surface area contributed by atoms with E-state index < -0.39 is 10.0 Å². The number of hydrogen-bond donors (Lipinski definition) is 0. The molecule has 0 spiro atoms. The third-order valence-corrected chi connectivity index (χ3v) is 5.54. The van der Waals surface area contributed by atoms with Crippen LogP contribution in [0.2, 0.25) is 0 Å². The number of fused-ring (bicyclic) bond motifs is 1. The van der Waals surface area contributed by atoms with Gasteiger partial charge in [0.2, 0.25) is 10.0 Å². The molecular formula is C12H16ClN5O2S. The first-order valence-corrected chi connectivity index (χ1v) is 8.67. The highest BCUT2D eigenvalue weighted by Gasteiger charge is 2.29. The summed E-state index contributed by atoms with van der Waals surface area (Å²) in [6.07, 6.45) is 7.26. The van der Waals surface area contributed by atoms with E-state index in [9.17, 15) is 8.42 Å². The number of nitrogens with zero attached hydrogens (tertiary/aromatic N) is 5. The van der Waals surface area contributed by atoms with Crippen LogP contribution in [0, 0.1) is 0 Å². The lowest BCUT2D eigenvalue weighted by molar-refractivity contribution is 0.335. The Morgan fingerprint density at radius 2 is 2.19 bits per heavy atom. The van der Waals surface area contributed by atoms with E-state index in [2.05, 4.69) is 10.1 Å². The maximum Gasteiger partial charge on any atom is 0.246 e. The molecule has 1 aliphatic rings. The van der Waals surface area contributed by atoms with Crippen LogP contribution in [0.5, 0.6) is 0 Å². The van der Waals surface area contributed by atoms with Crippen LogP contribution >= 0.6 is 11.6 Å². The average Bonchev–Trinajstić information content (AvgIpc) is 3.13. The van der Waals surface area contributed by atoms with E-state index in [1.54, 1.807) is 17.1 Å². The van der Waals surface area contributed by atoms with Crippen LogP contribution in [0.25, 0.3) is 0 Å². The van der Waals surface area contributed by atoms with Gasteiger partial charge in [0, 0.05) is 44.1 Å². The topological polar surface area (TPSA) is 73.0 Å². The predicted molar refractivity (Wildman–Crippen MR) is 77.4 cm³/mol. The van der Waals surface area contributed by atoms with Crippen molar-refractivity contribution in [3.8, 4) is 0 Å². The maximum atomic E-state index is 12.6. The number of aryl methyl sites for hydroxylation is 1. The lowest BCUT2D eigenvalue weighted by atomic mass is 10.4. The van der Waals surface area contributed by atoms with Crippen molar-refractivity contribution >= 4 is 21.6 Å². The van der Waals surface area contributed by atoms with Crippen molar-refractivity contribution in [3.63, 3.8) is 0 Å². The molecule has 0 saturated carbocycles. The van der Waals surface area contributed by atoms with Gasteiger partial charge in [0.05, 0.1) is 12.7 Å². The van der Waals surface area contributed by atoms with E-state index in [1.165, 1.54) is 10.5 Å². The smallest absolute Gasteiger partial charge is 0.246 e. The summed E-state index contributed by atoms with van der Waals surface area (Å²) in [5.74, 6) is 1.29. The lowest BCUT2D eigenvalue weighted by Crippen LogP contribution is -2.38. The van der Waals surface area contributed by atoms with Crippen molar-refractivity contribution in [3.05, 3.63) is 30.6 Å². The third-order valence-electron chi connectivity index (χ3n) is 3.48. The van der Waals surface area contributed by atoms with Crippen LogP contribution in [-0.4, -0.2) is 44.5 Å². The van der Waals surface area contributed by atoms with Crippen LogP contribution in [0.15, 0.2) is 29.7 Å². The van der Waals surface area contributed by atoms with E-state index >= 15 is 0 Å². The molecule has 1 aliphatic heterocycles. The largest absolute Gasteiger partial charge is 0.333 e. The van der Waals surface area contributed by atoms with Gasteiger partial charge in [0.1, 0.15) is 10.7 Å². The van der Waals surface area contributed by atoms with Gasteiger partial charge in [-0.05, 0) is 6.42 Å². The molecule has 0 aliphatic carbocycles. The van der Waals surface area contributed by atoms with Crippen LogP contribution in [-0.2, 0) is 29.7 Å². The minimum Gasteiger partial charge on any atom is -0.333 e. The molecule has 7 nitrogen and oxygen atoms in total. The van der Waals surface area contributed by atoms with Crippen molar-refractivity contribution in [2.45, 2.75) is 31.0 Å². The zero-order valence-electron chi connectivity index (χ0n) is 11.4. The number of aromatic nitrogens is 4. The molecule has 0 saturated heterocycles.